The first-order chi connectivity index (χ1) is 7.84. The van der Waals surface area contributed by atoms with E-state index in [1.807, 2.05) is 32.7 Å². The van der Waals surface area contributed by atoms with E-state index in [1.165, 1.54) is 0 Å². The summed E-state index contributed by atoms with van der Waals surface area (Å²) >= 11 is 0. The highest BCUT2D eigenvalue weighted by Crippen LogP contribution is 2.11. The van der Waals surface area contributed by atoms with Crippen molar-refractivity contribution in [3.8, 4) is 0 Å². The molecule has 0 rings (SSSR count). The van der Waals surface area contributed by atoms with Crippen molar-refractivity contribution in [3.05, 3.63) is 0 Å². The van der Waals surface area contributed by atoms with Crippen LogP contribution in [0.5, 0.6) is 0 Å². The molecule has 6 heteroatoms. The van der Waals surface area contributed by atoms with Crippen LogP contribution >= 0.6 is 0 Å². The number of nitrogens with one attached hydrogen (secondary N) is 2. The Morgan fingerprint density at radius 3 is 2.12 bits per heavy atom. The standard InChI is InChI=1S/C11H24N4O2/c1-7(2)9(11(17)14-12)15(5)6-8(3)10(16)13-4/h7-9H,6,12H2,1-5H3,(H,13,16)(H,14,17). The van der Waals surface area contributed by atoms with Crippen LogP contribution in [0.3, 0.4) is 0 Å². The molecule has 2 unspecified atom stereocenters. The second-order valence-corrected chi connectivity index (χ2v) is 4.65. The third-order valence-corrected chi connectivity index (χ3v) is 2.77. The Morgan fingerprint density at radius 2 is 1.76 bits per heavy atom. The molecule has 2 atom stereocenters. The molecular formula is C11H24N4O2. The number of nitrogens with two attached hydrogens (primary N) is 1. The Bertz CT molecular complexity index is 268. The first-order valence-corrected chi connectivity index (χ1v) is 5.77. The van der Waals surface area contributed by atoms with Gasteiger partial charge in [-0.05, 0) is 13.0 Å². The number of amides is 2. The number of rotatable bonds is 6. The number of carbonyl (C=O) groups excluding carboxylic acids is 2. The zero-order chi connectivity index (χ0) is 13.6. The fourth-order valence-electron chi connectivity index (χ4n) is 1.97. The Hall–Kier alpha value is -1.14. The highest BCUT2D eigenvalue weighted by Gasteiger charge is 2.27. The van der Waals surface area contributed by atoms with Gasteiger partial charge in [0.15, 0.2) is 0 Å². The summed E-state index contributed by atoms with van der Waals surface area (Å²) in [5, 5.41) is 2.59. The van der Waals surface area contributed by atoms with Gasteiger partial charge in [-0.25, -0.2) is 5.84 Å². The molecule has 2 amide bonds. The third-order valence-electron chi connectivity index (χ3n) is 2.77. The zero-order valence-corrected chi connectivity index (χ0v) is 11.3. The summed E-state index contributed by atoms with van der Waals surface area (Å²) in [4.78, 5) is 24.9. The third kappa shape index (κ3) is 4.70. The Balaban J connectivity index is 4.58. The van der Waals surface area contributed by atoms with Gasteiger partial charge in [0.25, 0.3) is 5.91 Å². The molecule has 0 saturated carbocycles. The molecule has 6 nitrogen and oxygen atoms in total. The quantitative estimate of drug-likeness (QED) is 0.328. The summed E-state index contributed by atoms with van der Waals surface area (Å²) in [5.74, 6) is 4.85. The lowest BCUT2D eigenvalue weighted by Crippen LogP contribution is -2.52. The number of hydrogen-bond donors (Lipinski definition) is 3. The maximum atomic E-state index is 11.6. The molecule has 0 aliphatic heterocycles. The topological polar surface area (TPSA) is 87.5 Å². The lowest BCUT2D eigenvalue weighted by Gasteiger charge is -2.30. The summed E-state index contributed by atoms with van der Waals surface area (Å²) in [6.07, 6.45) is 0. The van der Waals surface area contributed by atoms with Gasteiger partial charge in [-0.15, -0.1) is 0 Å². The Labute approximate surface area is 103 Å². The average molecular weight is 244 g/mol. The van der Waals surface area contributed by atoms with Crippen molar-refractivity contribution in [1.29, 1.82) is 0 Å². The number of nitrogens with zero attached hydrogens (tertiary/aromatic N) is 1. The molecule has 0 aromatic rings. The smallest absolute Gasteiger partial charge is 0.251 e. The Kier molecular flexibility index (Phi) is 6.75. The van der Waals surface area contributed by atoms with E-state index in [-0.39, 0.29) is 29.7 Å². The maximum absolute atomic E-state index is 11.6. The van der Waals surface area contributed by atoms with E-state index in [0.717, 1.165) is 0 Å². The maximum Gasteiger partial charge on any atom is 0.251 e. The first-order valence-electron chi connectivity index (χ1n) is 5.77. The van der Waals surface area contributed by atoms with E-state index in [1.54, 1.807) is 7.05 Å². The number of likely N-dealkylation sites (N-methyl/N-ethyl adjacent to an activating group) is 1. The Morgan fingerprint density at radius 1 is 1.24 bits per heavy atom. The minimum atomic E-state index is -0.327. The first kappa shape index (κ1) is 15.9. The number of hydrogen-bond acceptors (Lipinski definition) is 4. The van der Waals surface area contributed by atoms with Crippen molar-refractivity contribution >= 4 is 11.8 Å². The molecule has 0 fully saturated rings. The van der Waals surface area contributed by atoms with Crippen LogP contribution in [0.2, 0.25) is 0 Å². The minimum Gasteiger partial charge on any atom is -0.359 e. The highest BCUT2D eigenvalue weighted by atomic mass is 16.2. The second-order valence-electron chi connectivity index (χ2n) is 4.65. The number of carbonyl (C=O) groups is 2. The van der Waals surface area contributed by atoms with Crippen LogP contribution in [0.4, 0.5) is 0 Å². The molecular weight excluding hydrogens is 220 g/mol. The second kappa shape index (κ2) is 7.24. The average Bonchev–Trinajstić information content (AvgIpc) is 2.26. The van der Waals surface area contributed by atoms with E-state index < -0.39 is 0 Å². The van der Waals surface area contributed by atoms with Gasteiger partial charge in [0.05, 0.1) is 6.04 Å². The van der Waals surface area contributed by atoms with Crippen LogP contribution in [0.15, 0.2) is 0 Å². The van der Waals surface area contributed by atoms with Crippen molar-refractivity contribution < 1.29 is 9.59 Å². The molecule has 100 valence electrons. The van der Waals surface area contributed by atoms with Crippen LogP contribution < -0.4 is 16.6 Å². The molecule has 0 aromatic carbocycles. The summed E-state index contributed by atoms with van der Waals surface area (Å²) in [7, 11) is 3.42. The molecule has 0 spiro atoms. The molecule has 17 heavy (non-hydrogen) atoms. The summed E-state index contributed by atoms with van der Waals surface area (Å²) < 4.78 is 0. The molecule has 4 N–H and O–H groups in total. The van der Waals surface area contributed by atoms with E-state index in [0.29, 0.717) is 6.54 Å². The van der Waals surface area contributed by atoms with Crippen molar-refractivity contribution in [1.82, 2.24) is 15.6 Å². The van der Waals surface area contributed by atoms with Crippen molar-refractivity contribution in [2.24, 2.45) is 17.7 Å². The molecule has 0 aliphatic rings. The molecule has 0 aromatic heterocycles. The van der Waals surface area contributed by atoms with Crippen LogP contribution in [0.1, 0.15) is 20.8 Å². The fourth-order valence-corrected chi connectivity index (χ4v) is 1.97. The van der Waals surface area contributed by atoms with Gasteiger partial charge in [-0.3, -0.25) is 19.9 Å². The fraction of sp³-hybridized carbons (Fsp3) is 0.818. The lowest BCUT2D eigenvalue weighted by molar-refractivity contribution is -0.130. The normalized spacial score (nSPS) is 14.6. The molecule has 0 heterocycles. The van der Waals surface area contributed by atoms with E-state index >= 15 is 0 Å². The molecule has 0 bridgehead atoms. The predicted molar refractivity (Wildman–Crippen MR) is 66.8 cm³/mol. The SMILES string of the molecule is CNC(=O)C(C)CN(C)C(C(=O)NN)C(C)C. The van der Waals surface area contributed by atoms with Crippen molar-refractivity contribution in [3.63, 3.8) is 0 Å². The monoisotopic (exact) mass is 244 g/mol. The summed E-state index contributed by atoms with van der Waals surface area (Å²) in [5.41, 5.74) is 2.16. The van der Waals surface area contributed by atoms with Gasteiger partial charge in [-0.2, -0.15) is 0 Å². The van der Waals surface area contributed by atoms with Gasteiger partial charge in [0, 0.05) is 19.5 Å². The summed E-state index contributed by atoms with van der Waals surface area (Å²) in [6, 6.07) is -0.327. The number of hydrazine groups is 1. The van der Waals surface area contributed by atoms with Crippen LogP contribution in [0, 0.1) is 11.8 Å². The van der Waals surface area contributed by atoms with Gasteiger partial charge in [0.1, 0.15) is 0 Å². The van der Waals surface area contributed by atoms with Gasteiger partial charge in [0.2, 0.25) is 5.91 Å². The van der Waals surface area contributed by atoms with Crippen LogP contribution in [0.25, 0.3) is 0 Å². The highest BCUT2D eigenvalue weighted by molar-refractivity contribution is 5.81. The van der Waals surface area contributed by atoms with E-state index in [9.17, 15) is 9.59 Å². The molecule has 0 aliphatic carbocycles. The largest absolute Gasteiger partial charge is 0.359 e. The molecule has 0 saturated heterocycles. The summed E-state index contributed by atoms with van der Waals surface area (Å²) in [6.45, 7) is 6.23. The van der Waals surface area contributed by atoms with Gasteiger partial charge in [-0.1, -0.05) is 20.8 Å². The lowest BCUT2D eigenvalue weighted by atomic mass is 10.0. The van der Waals surface area contributed by atoms with Crippen LogP contribution in [-0.4, -0.2) is 43.4 Å². The van der Waals surface area contributed by atoms with Gasteiger partial charge >= 0.3 is 0 Å². The zero-order valence-electron chi connectivity index (χ0n) is 11.3. The van der Waals surface area contributed by atoms with E-state index in [4.69, 9.17) is 5.84 Å². The molecule has 0 radical (unpaired) electrons. The predicted octanol–water partition coefficient (Wildman–Crippen LogP) is -0.685. The van der Waals surface area contributed by atoms with Gasteiger partial charge < -0.3 is 5.32 Å². The van der Waals surface area contributed by atoms with E-state index in [2.05, 4.69) is 10.7 Å². The minimum absolute atomic E-state index is 0.0347. The van der Waals surface area contributed by atoms with Crippen LogP contribution in [-0.2, 0) is 9.59 Å². The van der Waals surface area contributed by atoms with Crippen molar-refractivity contribution in [2.75, 3.05) is 20.6 Å². The van der Waals surface area contributed by atoms with Crippen molar-refractivity contribution in [2.45, 2.75) is 26.8 Å².